The number of rotatable bonds is 4. The van der Waals surface area contributed by atoms with Crippen LogP contribution in [-0.4, -0.2) is 12.6 Å². The molecule has 0 saturated heterocycles. The summed E-state index contributed by atoms with van der Waals surface area (Å²) in [4.78, 5) is 0. The molecule has 18 heavy (non-hydrogen) atoms. The van der Waals surface area contributed by atoms with Gasteiger partial charge in [-0.25, -0.2) is 4.39 Å². The average molecular weight is 251 g/mol. The van der Waals surface area contributed by atoms with Crippen LogP contribution in [0.4, 0.5) is 4.39 Å². The summed E-state index contributed by atoms with van der Waals surface area (Å²) in [6, 6.07) is 6.45. The number of hydrogen-bond acceptors (Lipinski definition) is 2. The lowest BCUT2D eigenvalue weighted by Gasteiger charge is -2.30. The molecule has 3 unspecified atom stereocenters. The Kier molecular flexibility index (Phi) is 4.72. The fourth-order valence-electron chi connectivity index (χ4n) is 2.68. The zero-order valence-corrected chi connectivity index (χ0v) is 10.9. The van der Waals surface area contributed by atoms with Gasteiger partial charge in [0, 0.05) is 6.54 Å². The summed E-state index contributed by atoms with van der Waals surface area (Å²) in [5, 5.41) is 0. The summed E-state index contributed by atoms with van der Waals surface area (Å²) >= 11 is 0. The number of hydrogen-bond donors (Lipinski definition) is 1. The second kappa shape index (κ2) is 6.30. The van der Waals surface area contributed by atoms with Crippen LogP contribution in [-0.2, 0) is 4.74 Å². The van der Waals surface area contributed by atoms with Gasteiger partial charge in [-0.15, -0.1) is 0 Å². The minimum atomic E-state index is -0.221. The normalized spacial score (nSPS) is 25.9. The highest BCUT2D eigenvalue weighted by atomic mass is 19.1. The Bertz CT molecular complexity index is 365. The summed E-state index contributed by atoms with van der Waals surface area (Å²) in [6.07, 6.45) is 4.93. The molecule has 2 nitrogen and oxygen atoms in total. The van der Waals surface area contributed by atoms with Gasteiger partial charge in [-0.1, -0.05) is 31.9 Å². The molecular weight excluding hydrogens is 229 g/mol. The number of nitrogens with two attached hydrogens (primary N) is 1. The highest BCUT2D eigenvalue weighted by molar-refractivity contribution is 5.19. The molecule has 0 radical (unpaired) electrons. The van der Waals surface area contributed by atoms with Crippen LogP contribution in [0.1, 0.15) is 44.3 Å². The topological polar surface area (TPSA) is 35.2 Å². The standard InChI is InChI=1S/C15H22FNO/c1-11-3-2-4-14(9-11)18-15(10-17)12-5-7-13(16)8-6-12/h5-8,11,14-15H,2-4,9-10,17H2,1H3. The third-order valence-corrected chi connectivity index (χ3v) is 3.70. The van der Waals surface area contributed by atoms with E-state index in [1.807, 2.05) is 0 Å². The van der Waals surface area contributed by atoms with Crippen LogP contribution in [0.3, 0.4) is 0 Å². The van der Waals surface area contributed by atoms with Crippen LogP contribution in [0.5, 0.6) is 0 Å². The Labute approximate surface area is 108 Å². The molecule has 3 atom stereocenters. The summed E-state index contributed by atoms with van der Waals surface area (Å²) in [7, 11) is 0. The molecule has 1 aromatic rings. The van der Waals surface area contributed by atoms with E-state index in [4.69, 9.17) is 10.5 Å². The molecule has 0 aromatic heterocycles. The van der Waals surface area contributed by atoms with Crippen LogP contribution in [0, 0.1) is 11.7 Å². The van der Waals surface area contributed by atoms with Gasteiger partial charge in [-0.05, 0) is 36.5 Å². The average Bonchev–Trinajstić information content (AvgIpc) is 2.37. The van der Waals surface area contributed by atoms with Crippen molar-refractivity contribution in [3.63, 3.8) is 0 Å². The molecule has 1 aliphatic rings. The van der Waals surface area contributed by atoms with Gasteiger partial charge in [0.1, 0.15) is 5.82 Å². The number of halogens is 1. The SMILES string of the molecule is CC1CCCC(OC(CN)c2ccc(F)cc2)C1. The molecule has 0 heterocycles. The predicted octanol–water partition coefficient (Wildman–Crippen LogP) is 3.42. The third kappa shape index (κ3) is 3.53. The third-order valence-electron chi connectivity index (χ3n) is 3.70. The molecule has 0 spiro atoms. The van der Waals surface area contributed by atoms with Crippen molar-refractivity contribution < 1.29 is 9.13 Å². The van der Waals surface area contributed by atoms with Crippen LogP contribution < -0.4 is 5.73 Å². The Hall–Kier alpha value is -0.930. The molecule has 2 rings (SSSR count). The Balaban J connectivity index is 1.98. The van der Waals surface area contributed by atoms with E-state index in [2.05, 4.69) is 6.92 Å². The molecule has 1 aromatic carbocycles. The molecule has 1 fully saturated rings. The fourth-order valence-corrected chi connectivity index (χ4v) is 2.68. The summed E-state index contributed by atoms with van der Waals surface area (Å²) in [5.74, 6) is 0.510. The molecule has 0 aliphatic heterocycles. The van der Waals surface area contributed by atoms with Crippen LogP contribution in [0.25, 0.3) is 0 Å². The van der Waals surface area contributed by atoms with Crippen molar-refractivity contribution in [1.29, 1.82) is 0 Å². The summed E-state index contributed by atoms with van der Waals surface area (Å²) in [5.41, 5.74) is 6.75. The maximum Gasteiger partial charge on any atom is 0.123 e. The van der Waals surface area contributed by atoms with Crippen LogP contribution in [0.15, 0.2) is 24.3 Å². The first-order valence-corrected chi connectivity index (χ1v) is 6.80. The smallest absolute Gasteiger partial charge is 0.123 e. The van der Waals surface area contributed by atoms with E-state index in [1.165, 1.54) is 25.0 Å². The maximum atomic E-state index is 12.9. The van der Waals surface area contributed by atoms with Crippen molar-refractivity contribution in [2.24, 2.45) is 11.7 Å². The van der Waals surface area contributed by atoms with Gasteiger partial charge in [0.15, 0.2) is 0 Å². The van der Waals surface area contributed by atoms with Gasteiger partial charge in [0.05, 0.1) is 12.2 Å². The van der Waals surface area contributed by atoms with Crippen molar-refractivity contribution in [3.8, 4) is 0 Å². The molecule has 2 N–H and O–H groups in total. The van der Waals surface area contributed by atoms with E-state index >= 15 is 0 Å². The minimum absolute atomic E-state index is 0.110. The minimum Gasteiger partial charge on any atom is -0.369 e. The zero-order valence-electron chi connectivity index (χ0n) is 10.9. The molecule has 1 saturated carbocycles. The van der Waals surface area contributed by atoms with E-state index in [9.17, 15) is 4.39 Å². The highest BCUT2D eigenvalue weighted by Gasteiger charge is 2.23. The van der Waals surface area contributed by atoms with Gasteiger partial charge >= 0.3 is 0 Å². The van der Waals surface area contributed by atoms with E-state index in [-0.39, 0.29) is 11.9 Å². The quantitative estimate of drug-likeness (QED) is 0.890. The lowest BCUT2D eigenvalue weighted by molar-refractivity contribution is -0.0361. The first-order valence-electron chi connectivity index (χ1n) is 6.80. The van der Waals surface area contributed by atoms with Gasteiger partial charge < -0.3 is 10.5 Å². The van der Waals surface area contributed by atoms with Crippen molar-refractivity contribution in [2.45, 2.75) is 44.8 Å². The van der Waals surface area contributed by atoms with Crippen molar-refractivity contribution in [2.75, 3.05) is 6.54 Å². The molecule has 3 heteroatoms. The van der Waals surface area contributed by atoms with Gasteiger partial charge in [0.25, 0.3) is 0 Å². The lowest BCUT2D eigenvalue weighted by Crippen LogP contribution is -2.26. The first-order chi connectivity index (χ1) is 8.69. The van der Waals surface area contributed by atoms with Gasteiger partial charge in [-0.3, -0.25) is 0 Å². The fraction of sp³-hybridized carbons (Fsp3) is 0.600. The van der Waals surface area contributed by atoms with E-state index in [0.717, 1.165) is 24.3 Å². The van der Waals surface area contributed by atoms with Gasteiger partial charge in [0.2, 0.25) is 0 Å². The Morgan fingerprint density at radius 3 is 2.67 bits per heavy atom. The number of ether oxygens (including phenoxy) is 1. The molecule has 0 amide bonds. The van der Waals surface area contributed by atoms with Gasteiger partial charge in [-0.2, -0.15) is 0 Å². The molecule has 100 valence electrons. The zero-order chi connectivity index (χ0) is 13.0. The molecule has 0 bridgehead atoms. The van der Waals surface area contributed by atoms with E-state index < -0.39 is 0 Å². The monoisotopic (exact) mass is 251 g/mol. The molecular formula is C15H22FNO. The lowest BCUT2D eigenvalue weighted by atomic mass is 9.88. The second-order valence-corrected chi connectivity index (χ2v) is 5.31. The molecule has 1 aliphatic carbocycles. The largest absolute Gasteiger partial charge is 0.369 e. The van der Waals surface area contributed by atoms with Crippen LogP contribution >= 0.6 is 0 Å². The highest BCUT2D eigenvalue weighted by Crippen LogP contribution is 2.29. The predicted molar refractivity (Wildman–Crippen MR) is 70.7 cm³/mol. The summed E-state index contributed by atoms with van der Waals surface area (Å²) < 4.78 is 19.0. The second-order valence-electron chi connectivity index (χ2n) is 5.31. The van der Waals surface area contributed by atoms with Crippen molar-refractivity contribution in [3.05, 3.63) is 35.6 Å². The van der Waals surface area contributed by atoms with Crippen molar-refractivity contribution in [1.82, 2.24) is 0 Å². The summed E-state index contributed by atoms with van der Waals surface area (Å²) in [6.45, 7) is 2.71. The first kappa shape index (κ1) is 13.5. The Morgan fingerprint density at radius 2 is 2.06 bits per heavy atom. The van der Waals surface area contributed by atoms with E-state index in [0.29, 0.717) is 12.6 Å². The van der Waals surface area contributed by atoms with Crippen molar-refractivity contribution >= 4 is 0 Å². The van der Waals surface area contributed by atoms with Crippen LogP contribution in [0.2, 0.25) is 0 Å². The number of benzene rings is 1. The maximum absolute atomic E-state index is 12.9. The van der Waals surface area contributed by atoms with E-state index in [1.54, 1.807) is 12.1 Å². The Morgan fingerprint density at radius 1 is 1.33 bits per heavy atom.